The molecule has 0 heterocycles. The fourth-order valence-electron chi connectivity index (χ4n) is 1.39. The predicted molar refractivity (Wildman–Crippen MR) is 59.4 cm³/mol. The molecule has 0 aliphatic heterocycles. The van der Waals surface area contributed by atoms with Gasteiger partial charge in [0.05, 0.1) is 6.26 Å². The molecule has 0 spiro atoms. The van der Waals surface area contributed by atoms with Crippen LogP contribution in [0.3, 0.4) is 0 Å². The summed E-state index contributed by atoms with van der Waals surface area (Å²) in [5.41, 5.74) is 0. The van der Waals surface area contributed by atoms with Crippen LogP contribution in [0.2, 0.25) is 0 Å². The first-order chi connectivity index (χ1) is 7.04. The van der Waals surface area contributed by atoms with Crippen LogP contribution in [-0.2, 0) is 10.1 Å². The summed E-state index contributed by atoms with van der Waals surface area (Å²) in [5, 5.41) is 2.01. The Morgan fingerprint density at radius 1 is 1.00 bits per heavy atom. The van der Waals surface area contributed by atoms with Crippen LogP contribution in [0.5, 0.6) is 5.75 Å². The van der Waals surface area contributed by atoms with E-state index < -0.39 is 10.1 Å². The minimum atomic E-state index is -3.45. The average molecular weight is 222 g/mol. The molecular formula is C11H10O3S. The smallest absolute Gasteiger partial charge is 0.306 e. The maximum absolute atomic E-state index is 10.9. The Morgan fingerprint density at radius 2 is 1.67 bits per heavy atom. The molecule has 0 amide bonds. The predicted octanol–water partition coefficient (Wildman–Crippen LogP) is 2.18. The third kappa shape index (κ3) is 2.47. The summed E-state index contributed by atoms with van der Waals surface area (Å²) >= 11 is 0. The van der Waals surface area contributed by atoms with E-state index in [0.717, 1.165) is 17.0 Å². The van der Waals surface area contributed by atoms with Crippen molar-refractivity contribution >= 4 is 20.9 Å². The van der Waals surface area contributed by atoms with Gasteiger partial charge in [0.1, 0.15) is 5.75 Å². The van der Waals surface area contributed by atoms with E-state index in [-0.39, 0.29) is 0 Å². The highest BCUT2D eigenvalue weighted by Gasteiger charge is 2.04. The van der Waals surface area contributed by atoms with Crippen molar-refractivity contribution in [3.05, 3.63) is 42.5 Å². The number of fused-ring (bicyclic) bond motifs is 1. The first kappa shape index (κ1) is 9.98. The van der Waals surface area contributed by atoms with Gasteiger partial charge in [0.2, 0.25) is 0 Å². The first-order valence-corrected chi connectivity index (χ1v) is 6.24. The Kier molecular flexibility index (Phi) is 2.36. The molecule has 0 aliphatic rings. The second kappa shape index (κ2) is 3.55. The monoisotopic (exact) mass is 222 g/mol. The highest BCUT2D eigenvalue weighted by Crippen LogP contribution is 2.21. The second-order valence-corrected chi connectivity index (χ2v) is 4.87. The van der Waals surface area contributed by atoms with E-state index in [1.165, 1.54) is 0 Å². The zero-order valence-electron chi connectivity index (χ0n) is 8.17. The summed E-state index contributed by atoms with van der Waals surface area (Å²) in [6.07, 6.45) is 1.03. The highest BCUT2D eigenvalue weighted by atomic mass is 32.2. The Hall–Kier alpha value is -1.55. The van der Waals surface area contributed by atoms with Crippen molar-refractivity contribution in [3.63, 3.8) is 0 Å². The summed E-state index contributed by atoms with van der Waals surface area (Å²) in [7, 11) is -3.45. The van der Waals surface area contributed by atoms with Crippen molar-refractivity contribution in [3.8, 4) is 5.75 Å². The molecule has 0 aromatic heterocycles. The van der Waals surface area contributed by atoms with E-state index in [0.29, 0.717) is 5.75 Å². The van der Waals surface area contributed by atoms with Gasteiger partial charge >= 0.3 is 10.1 Å². The van der Waals surface area contributed by atoms with Crippen molar-refractivity contribution < 1.29 is 12.6 Å². The molecule has 2 aromatic rings. The quantitative estimate of drug-likeness (QED) is 0.731. The van der Waals surface area contributed by atoms with Crippen molar-refractivity contribution in [2.45, 2.75) is 0 Å². The van der Waals surface area contributed by atoms with Gasteiger partial charge in [0.15, 0.2) is 0 Å². The summed E-state index contributed by atoms with van der Waals surface area (Å²) in [5.74, 6) is 0.344. The van der Waals surface area contributed by atoms with Crippen LogP contribution in [-0.4, -0.2) is 14.7 Å². The summed E-state index contributed by atoms with van der Waals surface area (Å²) in [4.78, 5) is 0. The molecule has 78 valence electrons. The SMILES string of the molecule is CS(=O)(=O)Oc1ccc2ccccc2c1. The van der Waals surface area contributed by atoms with E-state index in [1.54, 1.807) is 12.1 Å². The van der Waals surface area contributed by atoms with Gasteiger partial charge in [-0.05, 0) is 22.9 Å². The summed E-state index contributed by atoms with van der Waals surface area (Å²) in [6.45, 7) is 0. The number of hydrogen-bond acceptors (Lipinski definition) is 3. The van der Waals surface area contributed by atoms with Crippen molar-refractivity contribution in [1.29, 1.82) is 0 Å². The lowest BCUT2D eigenvalue weighted by atomic mass is 10.1. The molecule has 0 atom stereocenters. The van der Waals surface area contributed by atoms with Gasteiger partial charge in [-0.25, -0.2) is 0 Å². The number of rotatable bonds is 2. The molecule has 2 rings (SSSR count). The van der Waals surface area contributed by atoms with E-state index in [2.05, 4.69) is 0 Å². The lowest BCUT2D eigenvalue weighted by Crippen LogP contribution is -2.05. The Morgan fingerprint density at radius 3 is 2.33 bits per heavy atom. The normalized spacial score (nSPS) is 11.5. The van der Waals surface area contributed by atoms with Crippen LogP contribution in [0.25, 0.3) is 10.8 Å². The van der Waals surface area contributed by atoms with Gasteiger partial charge in [-0.15, -0.1) is 0 Å². The van der Waals surface area contributed by atoms with Gasteiger partial charge in [0.25, 0.3) is 0 Å². The third-order valence-electron chi connectivity index (χ3n) is 1.97. The molecule has 0 saturated carbocycles. The molecule has 0 fully saturated rings. The van der Waals surface area contributed by atoms with E-state index in [4.69, 9.17) is 4.18 Å². The molecular weight excluding hydrogens is 212 g/mol. The molecule has 2 aromatic carbocycles. The Balaban J connectivity index is 2.48. The van der Waals surface area contributed by atoms with Gasteiger partial charge < -0.3 is 4.18 Å². The maximum Gasteiger partial charge on any atom is 0.306 e. The van der Waals surface area contributed by atoms with E-state index >= 15 is 0 Å². The van der Waals surface area contributed by atoms with Crippen LogP contribution in [0.15, 0.2) is 42.5 Å². The van der Waals surface area contributed by atoms with Crippen LogP contribution in [0.4, 0.5) is 0 Å². The molecule has 0 aliphatic carbocycles. The molecule has 0 N–H and O–H groups in total. The van der Waals surface area contributed by atoms with Crippen LogP contribution in [0.1, 0.15) is 0 Å². The number of benzene rings is 2. The molecule has 3 nitrogen and oxygen atoms in total. The van der Waals surface area contributed by atoms with E-state index in [9.17, 15) is 8.42 Å². The van der Waals surface area contributed by atoms with Crippen LogP contribution in [0, 0.1) is 0 Å². The highest BCUT2D eigenvalue weighted by molar-refractivity contribution is 7.86. The van der Waals surface area contributed by atoms with Crippen molar-refractivity contribution in [1.82, 2.24) is 0 Å². The lowest BCUT2D eigenvalue weighted by Gasteiger charge is -2.03. The van der Waals surface area contributed by atoms with Crippen molar-refractivity contribution in [2.24, 2.45) is 0 Å². The minimum absolute atomic E-state index is 0.344. The first-order valence-electron chi connectivity index (χ1n) is 4.43. The topological polar surface area (TPSA) is 43.4 Å². The number of hydrogen-bond donors (Lipinski definition) is 0. The Labute approximate surface area is 88.4 Å². The lowest BCUT2D eigenvalue weighted by molar-refractivity contribution is 0.493. The fourth-order valence-corrected chi connectivity index (χ4v) is 1.85. The largest absolute Gasteiger partial charge is 0.383 e. The van der Waals surface area contributed by atoms with E-state index in [1.807, 2.05) is 30.3 Å². The van der Waals surface area contributed by atoms with Gasteiger partial charge in [0, 0.05) is 0 Å². The summed E-state index contributed by atoms with van der Waals surface area (Å²) in [6, 6.07) is 12.9. The summed E-state index contributed by atoms with van der Waals surface area (Å²) < 4.78 is 26.6. The Bertz CT molecular complexity index is 588. The molecule has 0 radical (unpaired) electrons. The molecule has 4 heteroatoms. The minimum Gasteiger partial charge on any atom is -0.383 e. The van der Waals surface area contributed by atoms with Gasteiger partial charge in [-0.3, -0.25) is 0 Å². The molecule has 0 saturated heterocycles. The standard InChI is InChI=1S/C11H10O3S/c1-15(12,13)14-11-7-6-9-4-2-3-5-10(9)8-11/h2-8H,1H3. The van der Waals surface area contributed by atoms with Crippen LogP contribution >= 0.6 is 0 Å². The molecule has 0 unspecified atom stereocenters. The zero-order chi connectivity index (χ0) is 10.9. The van der Waals surface area contributed by atoms with Gasteiger partial charge in [-0.2, -0.15) is 8.42 Å². The molecule has 15 heavy (non-hydrogen) atoms. The maximum atomic E-state index is 10.9. The van der Waals surface area contributed by atoms with Gasteiger partial charge in [-0.1, -0.05) is 30.3 Å². The van der Waals surface area contributed by atoms with Crippen molar-refractivity contribution in [2.75, 3.05) is 6.26 Å². The third-order valence-corrected chi connectivity index (χ3v) is 2.46. The zero-order valence-corrected chi connectivity index (χ0v) is 8.99. The van der Waals surface area contributed by atoms with Crippen LogP contribution < -0.4 is 4.18 Å². The molecule has 0 bridgehead atoms. The average Bonchev–Trinajstić information content (AvgIpc) is 2.15. The second-order valence-electron chi connectivity index (χ2n) is 3.30. The fraction of sp³-hybridized carbons (Fsp3) is 0.0909.